The lowest BCUT2D eigenvalue weighted by Gasteiger charge is -2.27. The highest BCUT2D eigenvalue weighted by atomic mass is 16.6. The minimum atomic E-state index is -0.611. The predicted molar refractivity (Wildman–Crippen MR) is 161 cm³/mol. The van der Waals surface area contributed by atoms with Crippen molar-refractivity contribution in [3.8, 4) is 17.0 Å². The van der Waals surface area contributed by atoms with Gasteiger partial charge in [0.25, 0.3) is 0 Å². The highest BCUT2D eigenvalue weighted by Crippen LogP contribution is 2.39. The summed E-state index contributed by atoms with van der Waals surface area (Å²) in [4.78, 5) is 17.2. The zero-order valence-corrected chi connectivity index (χ0v) is 23.9. The molecule has 2 atom stereocenters. The Labute approximate surface area is 235 Å². The maximum atomic E-state index is 13.5. The number of hydrogen-bond donors (Lipinski definition) is 2. The van der Waals surface area contributed by atoms with Crippen molar-refractivity contribution in [3.63, 3.8) is 0 Å². The SMILES string of the molecule is COc1ccc2c(c1)cc(-c1ccc3[nH]c4c(c3c1)CCCC4NC(C)c1ccccc1)n2C(=O)OC(C)(C)C. The number of fused-ring (bicyclic) bond motifs is 4. The van der Waals surface area contributed by atoms with Crippen LogP contribution in [0.3, 0.4) is 0 Å². The van der Waals surface area contributed by atoms with E-state index in [1.54, 1.807) is 11.7 Å². The molecule has 1 aliphatic rings. The van der Waals surface area contributed by atoms with Gasteiger partial charge in [-0.3, -0.25) is 0 Å². The molecule has 0 bridgehead atoms. The first-order valence-corrected chi connectivity index (χ1v) is 14.1. The molecule has 1 aliphatic carbocycles. The number of hydrogen-bond acceptors (Lipinski definition) is 4. The summed E-state index contributed by atoms with van der Waals surface area (Å²) in [7, 11) is 1.65. The number of aromatic nitrogens is 2. The number of aryl methyl sites for hydroxylation is 1. The molecule has 0 radical (unpaired) electrons. The summed E-state index contributed by atoms with van der Waals surface area (Å²) in [5.74, 6) is 0.749. The van der Waals surface area contributed by atoms with E-state index in [9.17, 15) is 4.79 Å². The van der Waals surface area contributed by atoms with Gasteiger partial charge in [-0.15, -0.1) is 0 Å². The van der Waals surface area contributed by atoms with Crippen LogP contribution in [0.1, 0.15) is 69.4 Å². The summed E-state index contributed by atoms with van der Waals surface area (Å²) in [5, 5.41) is 6.00. The predicted octanol–water partition coefficient (Wildman–Crippen LogP) is 8.31. The highest BCUT2D eigenvalue weighted by Gasteiger charge is 2.27. The summed E-state index contributed by atoms with van der Waals surface area (Å²) >= 11 is 0. The summed E-state index contributed by atoms with van der Waals surface area (Å²) < 4.78 is 13.0. The minimum Gasteiger partial charge on any atom is -0.497 e. The first kappa shape index (κ1) is 26.2. The Hall–Kier alpha value is -4.03. The molecule has 2 unspecified atom stereocenters. The third kappa shape index (κ3) is 4.88. The number of aromatic amines is 1. The van der Waals surface area contributed by atoms with Gasteiger partial charge in [-0.2, -0.15) is 0 Å². The normalized spacial score (nSPS) is 16.2. The molecule has 0 saturated heterocycles. The molecule has 0 saturated carbocycles. The second-order valence-electron chi connectivity index (χ2n) is 11.8. The van der Waals surface area contributed by atoms with Gasteiger partial charge in [-0.25, -0.2) is 9.36 Å². The van der Waals surface area contributed by atoms with E-state index in [4.69, 9.17) is 9.47 Å². The molecule has 5 aromatic rings. The molecule has 2 aromatic heterocycles. The van der Waals surface area contributed by atoms with Gasteiger partial charge in [0.05, 0.1) is 18.3 Å². The molecule has 206 valence electrons. The zero-order chi connectivity index (χ0) is 28.0. The molecular weight excluding hydrogens is 498 g/mol. The summed E-state index contributed by atoms with van der Waals surface area (Å²) in [6, 6.07) is 25.4. The van der Waals surface area contributed by atoms with Gasteiger partial charge in [-0.1, -0.05) is 36.4 Å². The molecule has 0 amide bonds. The average molecular weight is 536 g/mol. The Bertz CT molecular complexity index is 1690. The van der Waals surface area contributed by atoms with Crippen molar-refractivity contribution in [1.82, 2.24) is 14.9 Å². The van der Waals surface area contributed by atoms with Crippen molar-refractivity contribution in [2.24, 2.45) is 0 Å². The van der Waals surface area contributed by atoms with Crippen LogP contribution >= 0.6 is 0 Å². The van der Waals surface area contributed by atoms with Crippen LogP contribution in [-0.4, -0.2) is 28.4 Å². The molecule has 6 nitrogen and oxygen atoms in total. The quantitative estimate of drug-likeness (QED) is 0.237. The van der Waals surface area contributed by atoms with Gasteiger partial charge in [0.2, 0.25) is 0 Å². The number of benzene rings is 3. The molecule has 0 aliphatic heterocycles. The Balaban J connectivity index is 1.42. The van der Waals surface area contributed by atoms with Crippen LogP contribution in [-0.2, 0) is 11.2 Å². The van der Waals surface area contributed by atoms with Gasteiger partial charge in [-0.05, 0) is 100 Å². The van der Waals surface area contributed by atoms with E-state index < -0.39 is 11.7 Å². The Morgan fingerprint density at radius 3 is 2.60 bits per heavy atom. The maximum absolute atomic E-state index is 13.5. The van der Waals surface area contributed by atoms with Crippen LogP contribution in [0.25, 0.3) is 33.1 Å². The maximum Gasteiger partial charge on any atom is 0.419 e. The molecule has 3 aromatic carbocycles. The topological polar surface area (TPSA) is 68.3 Å². The molecule has 2 N–H and O–H groups in total. The average Bonchev–Trinajstić information content (AvgIpc) is 3.51. The van der Waals surface area contributed by atoms with Crippen LogP contribution in [0.2, 0.25) is 0 Å². The van der Waals surface area contributed by atoms with E-state index in [0.29, 0.717) is 0 Å². The molecular formula is C34H37N3O3. The summed E-state index contributed by atoms with van der Waals surface area (Å²) in [6.07, 6.45) is 2.86. The van der Waals surface area contributed by atoms with Crippen molar-refractivity contribution >= 4 is 27.9 Å². The summed E-state index contributed by atoms with van der Waals surface area (Å²) in [5.41, 5.74) is 7.01. The van der Waals surface area contributed by atoms with E-state index in [2.05, 4.69) is 65.8 Å². The first-order chi connectivity index (χ1) is 19.2. The number of carbonyl (C=O) groups is 1. The Kier molecular flexibility index (Phi) is 6.67. The lowest BCUT2D eigenvalue weighted by atomic mass is 9.90. The van der Waals surface area contributed by atoms with E-state index in [1.807, 2.05) is 45.0 Å². The fraction of sp³-hybridized carbons (Fsp3) is 0.324. The van der Waals surface area contributed by atoms with Crippen LogP contribution in [0.5, 0.6) is 5.75 Å². The van der Waals surface area contributed by atoms with Crippen LogP contribution in [0.4, 0.5) is 4.79 Å². The lowest BCUT2D eigenvalue weighted by Crippen LogP contribution is -2.27. The van der Waals surface area contributed by atoms with Crippen LogP contribution < -0.4 is 10.1 Å². The van der Waals surface area contributed by atoms with E-state index in [1.165, 1.54) is 22.2 Å². The van der Waals surface area contributed by atoms with Gasteiger partial charge >= 0.3 is 6.09 Å². The van der Waals surface area contributed by atoms with Crippen molar-refractivity contribution in [2.75, 3.05) is 7.11 Å². The van der Waals surface area contributed by atoms with E-state index in [0.717, 1.165) is 52.7 Å². The monoisotopic (exact) mass is 535 g/mol. The molecule has 2 heterocycles. The molecule has 6 heteroatoms. The third-order valence-corrected chi connectivity index (χ3v) is 7.84. The number of rotatable bonds is 5. The number of nitrogens with zero attached hydrogens (tertiary/aromatic N) is 1. The molecule has 6 rings (SSSR count). The van der Waals surface area contributed by atoms with Crippen molar-refractivity contribution < 1.29 is 14.3 Å². The largest absolute Gasteiger partial charge is 0.497 e. The van der Waals surface area contributed by atoms with Gasteiger partial charge in [0.1, 0.15) is 11.4 Å². The van der Waals surface area contributed by atoms with Crippen molar-refractivity contribution in [2.45, 2.75) is 64.6 Å². The minimum absolute atomic E-state index is 0.251. The highest BCUT2D eigenvalue weighted by molar-refractivity contribution is 5.98. The smallest absolute Gasteiger partial charge is 0.419 e. The van der Waals surface area contributed by atoms with Gasteiger partial charge in [0, 0.05) is 34.1 Å². The third-order valence-electron chi connectivity index (χ3n) is 7.84. The fourth-order valence-corrected chi connectivity index (χ4v) is 5.97. The number of methoxy groups -OCH3 is 1. The number of carbonyl (C=O) groups excluding carboxylic acids is 1. The number of ether oxygens (including phenoxy) is 2. The Morgan fingerprint density at radius 1 is 1.05 bits per heavy atom. The fourth-order valence-electron chi connectivity index (χ4n) is 5.97. The molecule has 40 heavy (non-hydrogen) atoms. The Morgan fingerprint density at radius 2 is 1.85 bits per heavy atom. The lowest BCUT2D eigenvalue weighted by molar-refractivity contribution is 0.0547. The zero-order valence-electron chi connectivity index (χ0n) is 23.9. The van der Waals surface area contributed by atoms with Crippen LogP contribution in [0.15, 0.2) is 72.8 Å². The van der Waals surface area contributed by atoms with Crippen molar-refractivity contribution in [1.29, 1.82) is 0 Å². The number of nitrogens with one attached hydrogen (secondary N) is 2. The van der Waals surface area contributed by atoms with Crippen molar-refractivity contribution in [3.05, 3.63) is 89.6 Å². The standard InChI is InChI=1S/C34H37N3O3/c1-21(22-10-7-6-8-11-22)35-29-13-9-12-26-27-19-23(14-16-28(27)36-32(26)29)31-20-24-18-25(39-5)15-17-30(24)37(31)33(38)40-34(2,3)4/h6-8,10-11,14-21,29,35-36H,9,12-13H2,1-5H3. The summed E-state index contributed by atoms with van der Waals surface area (Å²) in [6.45, 7) is 7.90. The first-order valence-electron chi connectivity index (χ1n) is 14.1. The second-order valence-corrected chi connectivity index (χ2v) is 11.8. The van der Waals surface area contributed by atoms with E-state index >= 15 is 0 Å². The number of H-pyrrole nitrogens is 1. The van der Waals surface area contributed by atoms with Gasteiger partial charge in [0.15, 0.2) is 0 Å². The van der Waals surface area contributed by atoms with E-state index in [-0.39, 0.29) is 12.1 Å². The second kappa shape index (κ2) is 10.2. The van der Waals surface area contributed by atoms with Crippen LogP contribution in [0, 0.1) is 0 Å². The van der Waals surface area contributed by atoms with Gasteiger partial charge < -0.3 is 19.8 Å². The molecule has 0 spiro atoms. The molecule has 0 fully saturated rings.